The highest BCUT2D eigenvalue weighted by Gasteiger charge is 2.19. The third-order valence-electron chi connectivity index (χ3n) is 2.86. The molecule has 1 fully saturated rings. The van der Waals surface area contributed by atoms with Crippen molar-refractivity contribution in [1.82, 2.24) is 15.3 Å². The van der Waals surface area contributed by atoms with Gasteiger partial charge >= 0.3 is 0 Å². The Morgan fingerprint density at radius 1 is 1.40 bits per heavy atom. The Hall–Kier alpha value is -1.42. The van der Waals surface area contributed by atoms with E-state index in [1.54, 1.807) is 6.07 Å². The third kappa shape index (κ3) is 1.51. The fourth-order valence-electron chi connectivity index (χ4n) is 1.91. The number of halogens is 1. The van der Waals surface area contributed by atoms with Crippen molar-refractivity contribution in [2.24, 2.45) is 5.92 Å². The Morgan fingerprint density at radius 3 is 2.93 bits per heavy atom. The normalized spacial score (nSPS) is 16.9. The van der Waals surface area contributed by atoms with Gasteiger partial charge in [-0.3, -0.25) is 0 Å². The van der Waals surface area contributed by atoms with E-state index in [-0.39, 0.29) is 5.82 Å². The van der Waals surface area contributed by atoms with Crippen LogP contribution in [0.3, 0.4) is 0 Å². The first kappa shape index (κ1) is 8.85. The number of para-hydroxylation sites is 1. The third-order valence-corrected chi connectivity index (χ3v) is 2.86. The van der Waals surface area contributed by atoms with Gasteiger partial charge in [0.05, 0.1) is 5.52 Å². The van der Waals surface area contributed by atoms with E-state index in [0.717, 1.165) is 30.9 Å². The number of aromatic nitrogens is 2. The highest BCUT2D eigenvalue weighted by Crippen LogP contribution is 2.17. The molecule has 78 valence electrons. The van der Waals surface area contributed by atoms with Crippen LogP contribution in [0.15, 0.2) is 18.2 Å². The molecule has 1 saturated heterocycles. The van der Waals surface area contributed by atoms with Crippen LogP contribution in [0.1, 0.15) is 5.82 Å². The highest BCUT2D eigenvalue weighted by atomic mass is 19.1. The lowest BCUT2D eigenvalue weighted by molar-refractivity contribution is 0.342. The molecule has 0 radical (unpaired) electrons. The van der Waals surface area contributed by atoms with Crippen LogP contribution in [0.25, 0.3) is 11.0 Å². The fourth-order valence-corrected chi connectivity index (χ4v) is 1.91. The van der Waals surface area contributed by atoms with Crippen LogP contribution in [0.5, 0.6) is 0 Å². The largest absolute Gasteiger partial charge is 0.342 e. The molecule has 0 bridgehead atoms. The number of nitrogens with one attached hydrogen (secondary N) is 2. The Kier molecular flexibility index (Phi) is 1.95. The van der Waals surface area contributed by atoms with Crippen LogP contribution in [-0.4, -0.2) is 23.1 Å². The van der Waals surface area contributed by atoms with Gasteiger partial charge in [-0.1, -0.05) is 6.07 Å². The lowest BCUT2D eigenvalue weighted by Gasteiger charge is -2.25. The zero-order valence-electron chi connectivity index (χ0n) is 8.26. The molecule has 0 amide bonds. The Balaban J connectivity index is 1.95. The van der Waals surface area contributed by atoms with Crippen LogP contribution in [0, 0.1) is 11.7 Å². The standard InChI is InChI=1S/C11H12FN3/c12-8-2-1-3-9-11(8)15-10(14-9)4-7-5-13-6-7/h1-3,7,13H,4-6H2,(H,14,15). The average molecular weight is 205 g/mol. The molecular weight excluding hydrogens is 193 g/mol. The predicted octanol–water partition coefficient (Wildman–Crippen LogP) is 1.46. The van der Waals surface area contributed by atoms with Crippen molar-refractivity contribution in [1.29, 1.82) is 0 Å². The molecule has 1 aromatic carbocycles. The van der Waals surface area contributed by atoms with Gasteiger partial charge in [-0.05, 0) is 31.1 Å². The second kappa shape index (κ2) is 3.31. The summed E-state index contributed by atoms with van der Waals surface area (Å²) in [6.07, 6.45) is 0.904. The van der Waals surface area contributed by atoms with E-state index >= 15 is 0 Å². The number of aromatic amines is 1. The van der Waals surface area contributed by atoms with Crippen molar-refractivity contribution in [3.05, 3.63) is 29.8 Å². The molecule has 0 aliphatic carbocycles. The molecule has 1 aliphatic heterocycles. The molecule has 0 atom stereocenters. The van der Waals surface area contributed by atoms with E-state index in [1.807, 2.05) is 6.07 Å². The van der Waals surface area contributed by atoms with Crippen molar-refractivity contribution in [3.63, 3.8) is 0 Å². The lowest BCUT2D eigenvalue weighted by atomic mass is 9.99. The van der Waals surface area contributed by atoms with Crippen molar-refractivity contribution in [3.8, 4) is 0 Å². The molecule has 3 rings (SSSR count). The first-order chi connectivity index (χ1) is 7.33. The number of nitrogens with zero attached hydrogens (tertiary/aromatic N) is 1. The number of fused-ring (bicyclic) bond motifs is 1. The maximum atomic E-state index is 13.3. The summed E-state index contributed by atoms with van der Waals surface area (Å²) in [7, 11) is 0. The lowest BCUT2D eigenvalue weighted by Crippen LogP contribution is -2.43. The van der Waals surface area contributed by atoms with E-state index in [0.29, 0.717) is 11.4 Å². The van der Waals surface area contributed by atoms with Crippen molar-refractivity contribution < 1.29 is 4.39 Å². The summed E-state index contributed by atoms with van der Waals surface area (Å²) < 4.78 is 13.3. The molecular formula is C11H12FN3. The molecule has 1 aromatic heterocycles. The maximum Gasteiger partial charge on any atom is 0.151 e. The van der Waals surface area contributed by atoms with E-state index in [2.05, 4.69) is 15.3 Å². The average Bonchev–Trinajstić information content (AvgIpc) is 2.56. The number of imidazole rings is 1. The summed E-state index contributed by atoms with van der Waals surface area (Å²) in [5.41, 5.74) is 1.25. The summed E-state index contributed by atoms with van der Waals surface area (Å²) in [6, 6.07) is 5.00. The fraction of sp³-hybridized carbons (Fsp3) is 0.364. The predicted molar refractivity (Wildman–Crippen MR) is 56.1 cm³/mol. The highest BCUT2D eigenvalue weighted by molar-refractivity contribution is 5.75. The minimum atomic E-state index is -0.248. The van der Waals surface area contributed by atoms with Gasteiger partial charge in [0, 0.05) is 6.42 Å². The maximum absolute atomic E-state index is 13.3. The van der Waals surface area contributed by atoms with Crippen LogP contribution < -0.4 is 5.32 Å². The molecule has 2 N–H and O–H groups in total. The van der Waals surface area contributed by atoms with E-state index < -0.39 is 0 Å². The van der Waals surface area contributed by atoms with Gasteiger partial charge in [-0.15, -0.1) is 0 Å². The molecule has 1 aliphatic rings. The smallest absolute Gasteiger partial charge is 0.151 e. The summed E-state index contributed by atoms with van der Waals surface area (Å²) in [5, 5.41) is 3.21. The second-order valence-electron chi connectivity index (χ2n) is 4.05. The topological polar surface area (TPSA) is 40.7 Å². The Morgan fingerprint density at radius 2 is 2.27 bits per heavy atom. The van der Waals surface area contributed by atoms with Crippen molar-refractivity contribution >= 4 is 11.0 Å². The van der Waals surface area contributed by atoms with Crippen LogP contribution in [0.4, 0.5) is 4.39 Å². The van der Waals surface area contributed by atoms with Gasteiger partial charge in [0.15, 0.2) is 5.82 Å². The van der Waals surface area contributed by atoms with Gasteiger partial charge in [0.2, 0.25) is 0 Å². The van der Waals surface area contributed by atoms with Gasteiger partial charge in [-0.2, -0.15) is 0 Å². The number of benzene rings is 1. The van der Waals surface area contributed by atoms with Crippen LogP contribution >= 0.6 is 0 Å². The van der Waals surface area contributed by atoms with Gasteiger partial charge in [0.25, 0.3) is 0 Å². The minimum absolute atomic E-state index is 0.248. The molecule has 0 spiro atoms. The molecule has 4 heteroatoms. The van der Waals surface area contributed by atoms with Crippen molar-refractivity contribution in [2.45, 2.75) is 6.42 Å². The molecule has 0 saturated carbocycles. The SMILES string of the molecule is Fc1cccc2[nH]c(CC3CNC3)nc12. The number of H-pyrrole nitrogens is 1. The number of hydrogen-bond acceptors (Lipinski definition) is 2. The summed E-state index contributed by atoms with van der Waals surface area (Å²) in [6.45, 7) is 2.08. The molecule has 0 unspecified atom stereocenters. The molecule has 2 heterocycles. The van der Waals surface area contributed by atoms with Crippen LogP contribution in [0.2, 0.25) is 0 Å². The zero-order valence-corrected chi connectivity index (χ0v) is 8.26. The quantitative estimate of drug-likeness (QED) is 0.779. The monoisotopic (exact) mass is 205 g/mol. The van der Waals surface area contributed by atoms with E-state index in [1.165, 1.54) is 6.07 Å². The van der Waals surface area contributed by atoms with Crippen LogP contribution in [-0.2, 0) is 6.42 Å². The number of rotatable bonds is 2. The Bertz CT molecular complexity index is 488. The number of hydrogen-bond donors (Lipinski definition) is 2. The van der Waals surface area contributed by atoms with Gasteiger partial charge < -0.3 is 10.3 Å². The summed E-state index contributed by atoms with van der Waals surface area (Å²) in [5.74, 6) is 1.29. The molecule has 3 nitrogen and oxygen atoms in total. The minimum Gasteiger partial charge on any atom is -0.342 e. The first-order valence-corrected chi connectivity index (χ1v) is 5.17. The van der Waals surface area contributed by atoms with Gasteiger partial charge in [0.1, 0.15) is 11.3 Å². The van der Waals surface area contributed by atoms with Gasteiger partial charge in [-0.25, -0.2) is 9.37 Å². The molecule has 15 heavy (non-hydrogen) atoms. The first-order valence-electron chi connectivity index (χ1n) is 5.17. The van der Waals surface area contributed by atoms with Crippen molar-refractivity contribution in [2.75, 3.05) is 13.1 Å². The van der Waals surface area contributed by atoms with E-state index in [4.69, 9.17) is 0 Å². The van der Waals surface area contributed by atoms with E-state index in [9.17, 15) is 4.39 Å². The summed E-state index contributed by atoms with van der Waals surface area (Å²) in [4.78, 5) is 7.43. The summed E-state index contributed by atoms with van der Waals surface area (Å²) >= 11 is 0. The zero-order chi connectivity index (χ0) is 10.3. The Labute approximate surface area is 86.7 Å². The second-order valence-corrected chi connectivity index (χ2v) is 4.05. The molecule has 2 aromatic rings.